The van der Waals surface area contributed by atoms with E-state index in [9.17, 15) is 0 Å². The van der Waals surface area contributed by atoms with E-state index in [0.717, 1.165) is 13.2 Å². The van der Waals surface area contributed by atoms with Crippen LogP contribution in [-0.2, 0) is 4.74 Å². The van der Waals surface area contributed by atoms with Crippen molar-refractivity contribution in [2.24, 2.45) is 0 Å². The fraction of sp³-hybridized carbons (Fsp3) is 0.667. The molecule has 1 unspecified atom stereocenters. The average Bonchev–Trinajstić information content (AvgIpc) is 2.98. The minimum absolute atomic E-state index is 0.633. The molecule has 2 fully saturated rings. The fourth-order valence-corrected chi connectivity index (χ4v) is 3.94. The van der Waals surface area contributed by atoms with E-state index in [1.165, 1.54) is 32.2 Å². The zero-order valence-corrected chi connectivity index (χ0v) is 12.8. The number of likely N-dealkylation sites (tertiary alicyclic amines) is 1. The van der Waals surface area contributed by atoms with Crippen LogP contribution in [-0.4, -0.2) is 30.7 Å². The molecule has 1 aromatic carbocycles. The van der Waals surface area contributed by atoms with Gasteiger partial charge in [-0.05, 0) is 63.1 Å². The van der Waals surface area contributed by atoms with Crippen LogP contribution in [0.1, 0.15) is 62.6 Å². The Morgan fingerprint density at radius 3 is 2.45 bits per heavy atom. The normalized spacial score (nSPS) is 25.4. The summed E-state index contributed by atoms with van der Waals surface area (Å²) in [6.07, 6.45) is 5.03. The van der Waals surface area contributed by atoms with Gasteiger partial charge >= 0.3 is 0 Å². The lowest BCUT2D eigenvalue weighted by Gasteiger charge is -2.32. The Balaban J connectivity index is 1.89. The van der Waals surface area contributed by atoms with Crippen molar-refractivity contribution < 1.29 is 4.74 Å². The fourth-order valence-electron chi connectivity index (χ4n) is 3.94. The quantitative estimate of drug-likeness (QED) is 0.821. The van der Waals surface area contributed by atoms with Gasteiger partial charge in [0.15, 0.2) is 0 Å². The van der Waals surface area contributed by atoms with E-state index in [-0.39, 0.29) is 0 Å². The van der Waals surface area contributed by atoms with Gasteiger partial charge in [0.05, 0.1) is 0 Å². The van der Waals surface area contributed by atoms with Crippen molar-refractivity contribution in [3.8, 4) is 0 Å². The molecule has 2 heteroatoms. The van der Waals surface area contributed by atoms with Crippen molar-refractivity contribution in [2.45, 2.75) is 57.5 Å². The van der Waals surface area contributed by atoms with Crippen molar-refractivity contribution in [3.63, 3.8) is 0 Å². The number of ether oxygens (including phenoxy) is 1. The number of benzene rings is 1. The Morgan fingerprint density at radius 2 is 1.75 bits per heavy atom. The van der Waals surface area contributed by atoms with Crippen molar-refractivity contribution in [3.05, 3.63) is 35.4 Å². The lowest BCUT2D eigenvalue weighted by Crippen LogP contribution is -2.31. The Hall–Kier alpha value is -0.860. The Kier molecular flexibility index (Phi) is 4.42. The number of nitrogens with zero attached hydrogens (tertiary/aromatic N) is 1. The number of rotatable bonds is 3. The van der Waals surface area contributed by atoms with E-state index in [2.05, 4.69) is 43.0 Å². The average molecular weight is 273 g/mol. The maximum atomic E-state index is 5.54. The first kappa shape index (κ1) is 14.1. The third-order valence-electron chi connectivity index (χ3n) is 4.97. The second-order valence-electron chi connectivity index (χ2n) is 6.51. The molecular weight excluding hydrogens is 246 g/mol. The molecule has 0 spiro atoms. The molecule has 2 saturated heterocycles. The smallest absolute Gasteiger partial charge is 0.0471 e. The molecule has 2 heterocycles. The Bertz CT molecular complexity index is 437. The summed E-state index contributed by atoms with van der Waals surface area (Å²) < 4.78 is 5.54. The van der Waals surface area contributed by atoms with Crippen LogP contribution in [0.25, 0.3) is 0 Å². The lowest BCUT2D eigenvalue weighted by molar-refractivity contribution is 0.0847. The first-order chi connectivity index (χ1) is 9.77. The minimum Gasteiger partial charge on any atom is -0.381 e. The lowest BCUT2D eigenvalue weighted by atomic mass is 9.85. The third-order valence-corrected chi connectivity index (χ3v) is 4.97. The van der Waals surface area contributed by atoms with Crippen LogP contribution in [0.4, 0.5) is 0 Å². The molecule has 0 saturated carbocycles. The molecule has 20 heavy (non-hydrogen) atoms. The maximum absolute atomic E-state index is 5.54. The van der Waals surface area contributed by atoms with Crippen molar-refractivity contribution in [1.29, 1.82) is 0 Å². The van der Waals surface area contributed by atoms with Crippen molar-refractivity contribution in [1.82, 2.24) is 4.90 Å². The van der Waals surface area contributed by atoms with Crippen LogP contribution in [0.15, 0.2) is 24.3 Å². The van der Waals surface area contributed by atoms with Crippen LogP contribution >= 0.6 is 0 Å². The first-order valence-corrected chi connectivity index (χ1v) is 8.19. The monoisotopic (exact) mass is 273 g/mol. The van der Waals surface area contributed by atoms with Gasteiger partial charge in [0.2, 0.25) is 0 Å². The summed E-state index contributed by atoms with van der Waals surface area (Å²) in [5.74, 6) is 0.703. The summed E-state index contributed by atoms with van der Waals surface area (Å²) in [4.78, 5) is 2.68. The standard InChI is InChI=1S/C18H27NO/c1-14(2)19-11-5-8-18(19)17-7-4-3-6-16(17)15-9-12-20-13-10-15/h3-4,6-7,14-15,18H,5,8-13H2,1-2H3. The van der Waals surface area contributed by atoms with Crippen molar-refractivity contribution in [2.75, 3.05) is 19.8 Å². The van der Waals surface area contributed by atoms with E-state index in [1.807, 2.05) is 0 Å². The van der Waals surface area contributed by atoms with Gasteiger partial charge in [0.25, 0.3) is 0 Å². The summed E-state index contributed by atoms with van der Waals surface area (Å²) in [5.41, 5.74) is 3.18. The molecule has 1 aromatic rings. The molecular formula is C18H27NO. The molecule has 0 amide bonds. The molecule has 2 aliphatic rings. The largest absolute Gasteiger partial charge is 0.381 e. The third kappa shape index (κ3) is 2.77. The number of hydrogen-bond acceptors (Lipinski definition) is 2. The topological polar surface area (TPSA) is 12.5 Å². The van der Waals surface area contributed by atoms with E-state index >= 15 is 0 Å². The zero-order valence-electron chi connectivity index (χ0n) is 12.8. The molecule has 3 rings (SSSR count). The summed E-state index contributed by atoms with van der Waals surface area (Å²) in [6, 6.07) is 10.4. The summed E-state index contributed by atoms with van der Waals surface area (Å²) in [7, 11) is 0. The van der Waals surface area contributed by atoms with Gasteiger partial charge in [-0.25, -0.2) is 0 Å². The molecule has 2 aliphatic heterocycles. The van der Waals surface area contributed by atoms with Gasteiger partial charge in [0.1, 0.15) is 0 Å². The molecule has 2 nitrogen and oxygen atoms in total. The summed E-state index contributed by atoms with van der Waals surface area (Å²) in [6.45, 7) is 7.77. The van der Waals surface area contributed by atoms with Gasteiger partial charge < -0.3 is 4.74 Å². The Labute approximate surface area is 123 Å². The van der Waals surface area contributed by atoms with E-state index in [4.69, 9.17) is 4.74 Å². The van der Waals surface area contributed by atoms with Crippen LogP contribution in [0, 0.1) is 0 Å². The van der Waals surface area contributed by atoms with Crippen molar-refractivity contribution >= 4 is 0 Å². The molecule has 0 aliphatic carbocycles. The predicted octanol–water partition coefficient (Wildman–Crippen LogP) is 4.13. The highest BCUT2D eigenvalue weighted by Crippen LogP contribution is 2.39. The van der Waals surface area contributed by atoms with Gasteiger partial charge in [-0.3, -0.25) is 4.90 Å². The molecule has 1 atom stereocenters. The molecule has 0 aromatic heterocycles. The van der Waals surface area contributed by atoms with Crippen LogP contribution in [0.5, 0.6) is 0 Å². The van der Waals surface area contributed by atoms with E-state index in [1.54, 1.807) is 11.1 Å². The van der Waals surface area contributed by atoms with E-state index in [0.29, 0.717) is 18.0 Å². The molecule has 0 N–H and O–H groups in total. The highest BCUT2D eigenvalue weighted by molar-refractivity contribution is 5.34. The highest BCUT2D eigenvalue weighted by atomic mass is 16.5. The zero-order chi connectivity index (χ0) is 13.9. The highest BCUT2D eigenvalue weighted by Gasteiger charge is 2.30. The predicted molar refractivity (Wildman–Crippen MR) is 83.1 cm³/mol. The van der Waals surface area contributed by atoms with Crippen LogP contribution < -0.4 is 0 Å². The number of hydrogen-bond donors (Lipinski definition) is 0. The summed E-state index contributed by atoms with van der Waals surface area (Å²) in [5, 5.41) is 0. The summed E-state index contributed by atoms with van der Waals surface area (Å²) >= 11 is 0. The maximum Gasteiger partial charge on any atom is 0.0471 e. The van der Waals surface area contributed by atoms with Gasteiger partial charge in [0, 0.05) is 25.3 Å². The first-order valence-electron chi connectivity index (χ1n) is 8.19. The SMILES string of the molecule is CC(C)N1CCCC1c1ccccc1C1CCOCC1. The van der Waals surface area contributed by atoms with Gasteiger partial charge in [-0.1, -0.05) is 24.3 Å². The molecule has 0 bridgehead atoms. The molecule has 110 valence electrons. The van der Waals surface area contributed by atoms with Gasteiger partial charge in [-0.2, -0.15) is 0 Å². The molecule has 0 radical (unpaired) electrons. The minimum atomic E-state index is 0.633. The van der Waals surface area contributed by atoms with E-state index < -0.39 is 0 Å². The second kappa shape index (κ2) is 6.28. The second-order valence-corrected chi connectivity index (χ2v) is 6.51. The Morgan fingerprint density at radius 1 is 1.05 bits per heavy atom. The van der Waals surface area contributed by atoms with Gasteiger partial charge in [-0.15, -0.1) is 0 Å². The van der Waals surface area contributed by atoms with Crippen LogP contribution in [0.3, 0.4) is 0 Å². The van der Waals surface area contributed by atoms with Crippen LogP contribution in [0.2, 0.25) is 0 Å².